The molecule has 2 atom stereocenters. The molecule has 0 spiro atoms. The molecule has 0 aromatic heterocycles. The highest BCUT2D eigenvalue weighted by molar-refractivity contribution is 5.85. The molecular weight excluding hydrogens is 206 g/mol. The van der Waals surface area contributed by atoms with E-state index in [2.05, 4.69) is 19.2 Å². The molecule has 0 amide bonds. The molecule has 2 aliphatic rings. The quantitative estimate of drug-likeness (QED) is 0.777. The Balaban J connectivity index is 0.00000112. The second-order valence-electron chi connectivity index (χ2n) is 5.51. The van der Waals surface area contributed by atoms with E-state index < -0.39 is 0 Å². The number of rotatable bonds is 4. The topological polar surface area (TPSA) is 12.0 Å². The van der Waals surface area contributed by atoms with Crippen molar-refractivity contribution in [1.82, 2.24) is 5.32 Å². The molecule has 2 aliphatic carbocycles. The van der Waals surface area contributed by atoms with Crippen LogP contribution in [0, 0.1) is 11.8 Å². The maximum Gasteiger partial charge on any atom is 0.0102 e. The standard InChI is InChI=1S/C13H25N.ClH/c1-3-4-11-9-13(11)14-12-7-5-10(2)6-8-12;/h10-14H,3-9H2,1-2H3;1H. The molecule has 0 radical (unpaired) electrons. The second kappa shape index (κ2) is 6.10. The van der Waals surface area contributed by atoms with Crippen LogP contribution in [0.15, 0.2) is 0 Å². The summed E-state index contributed by atoms with van der Waals surface area (Å²) < 4.78 is 0. The smallest absolute Gasteiger partial charge is 0.0102 e. The van der Waals surface area contributed by atoms with Gasteiger partial charge < -0.3 is 5.32 Å². The first kappa shape index (κ1) is 13.3. The van der Waals surface area contributed by atoms with Gasteiger partial charge in [0.2, 0.25) is 0 Å². The van der Waals surface area contributed by atoms with Gasteiger partial charge in [-0.05, 0) is 50.4 Å². The van der Waals surface area contributed by atoms with Crippen LogP contribution in [0.2, 0.25) is 0 Å². The lowest BCUT2D eigenvalue weighted by Gasteiger charge is -2.27. The van der Waals surface area contributed by atoms with Gasteiger partial charge in [-0.2, -0.15) is 0 Å². The highest BCUT2D eigenvalue weighted by Gasteiger charge is 2.37. The monoisotopic (exact) mass is 231 g/mol. The van der Waals surface area contributed by atoms with Gasteiger partial charge in [-0.25, -0.2) is 0 Å². The average molecular weight is 232 g/mol. The summed E-state index contributed by atoms with van der Waals surface area (Å²) in [5, 5.41) is 3.85. The van der Waals surface area contributed by atoms with Crippen LogP contribution in [0.4, 0.5) is 0 Å². The van der Waals surface area contributed by atoms with Gasteiger partial charge in [0.05, 0.1) is 0 Å². The van der Waals surface area contributed by atoms with E-state index in [4.69, 9.17) is 0 Å². The minimum absolute atomic E-state index is 0. The molecule has 2 unspecified atom stereocenters. The van der Waals surface area contributed by atoms with Gasteiger partial charge in [0, 0.05) is 12.1 Å². The summed E-state index contributed by atoms with van der Waals surface area (Å²) in [6, 6.07) is 1.76. The summed E-state index contributed by atoms with van der Waals surface area (Å²) in [5.74, 6) is 2.01. The molecule has 0 saturated heterocycles. The summed E-state index contributed by atoms with van der Waals surface area (Å²) in [6.45, 7) is 4.70. The molecule has 1 nitrogen and oxygen atoms in total. The van der Waals surface area contributed by atoms with Crippen molar-refractivity contribution in [2.75, 3.05) is 0 Å². The average Bonchev–Trinajstić information content (AvgIpc) is 2.89. The Hall–Kier alpha value is 0.250. The molecule has 2 saturated carbocycles. The van der Waals surface area contributed by atoms with E-state index in [1.165, 1.54) is 44.9 Å². The Morgan fingerprint density at radius 2 is 1.80 bits per heavy atom. The van der Waals surface area contributed by atoms with Gasteiger partial charge in [0.15, 0.2) is 0 Å². The zero-order chi connectivity index (χ0) is 9.97. The third-order valence-electron chi connectivity index (χ3n) is 4.05. The van der Waals surface area contributed by atoms with Crippen molar-refractivity contribution in [2.24, 2.45) is 11.8 Å². The van der Waals surface area contributed by atoms with Crippen molar-refractivity contribution >= 4 is 12.4 Å². The maximum atomic E-state index is 3.85. The van der Waals surface area contributed by atoms with Crippen LogP contribution in [0.25, 0.3) is 0 Å². The van der Waals surface area contributed by atoms with Crippen LogP contribution >= 0.6 is 12.4 Å². The van der Waals surface area contributed by atoms with E-state index in [-0.39, 0.29) is 12.4 Å². The molecule has 0 aliphatic heterocycles. The van der Waals surface area contributed by atoms with Crippen LogP contribution < -0.4 is 5.32 Å². The lowest BCUT2D eigenvalue weighted by Crippen LogP contribution is -2.35. The number of halogens is 1. The third kappa shape index (κ3) is 3.96. The summed E-state index contributed by atoms with van der Waals surface area (Å²) in [6.07, 6.45) is 10.0. The molecule has 15 heavy (non-hydrogen) atoms. The van der Waals surface area contributed by atoms with Crippen LogP contribution in [0.3, 0.4) is 0 Å². The summed E-state index contributed by atoms with van der Waals surface area (Å²) in [4.78, 5) is 0. The number of hydrogen-bond acceptors (Lipinski definition) is 1. The lowest BCUT2D eigenvalue weighted by molar-refractivity contribution is 0.302. The predicted octanol–water partition coefficient (Wildman–Crippen LogP) is 3.77. The van der Waals surface area contributed by atoms with Crippen LogP contribution in [-0.2, 0) is 0 Å². The lowest BCUT2D eigenvalue weighted by atomic mass is 9.87. The summed E-state index contributed by atoms with van der Waals surface area (Å²) >= 11 is 0. The number of nitrogens with one attached hydrogen (secondary N) is 1. The van der Waals surface area contributed by atoms with Gasteiger partial charge in [-0.1, -0.05) is 20.3 Å². The first-order valence-corrected chi connectivity index (χ1v) is 6.55. The molecule has 2 heteroatoms. The van der Waals surface area contributed by atoms with E-state index in [0.717, 1.165) is 23.9 Å². The first-order chi connectivity index (χ1) is 6.79. The van der Waals surface area contributed by atoms with Gasteiger partial charge in [0.1, 0.15) is 0 Å². The molecule has 0 bridgehead atoms. The Morgan fingerprint density at radius 3 is 2.40 bits per heavy atom. The van der Waals surface area contributed by atoms with Gasteiger partial charge >= 0.3 is 0 Å². The summed E-state index contributed by atoms with van der Waals surface area (Å²) in [7, 11) is 0. The highest BCUT2D eigenvalue weighted by atomic mass is 35.5. The molecule has 1 N–H and O–H groups in total. The van der Waals surface area contributed by atoms with E-state index in [0.29, 0.717) is 0 Å². The molecule has 2 fully saturated rings. The van der Waals surface area contributed by atoms with Gasteiger partial charge in [0.25, 0.3) is 0 Å². The molecule has 90 valence electrons. The van der Waals surface area contributed by atoms with Crippen LogP contribution in [0.1, 0.15) is 58.8 Å². The van der Waals surface area contributed by atoms with E-state index in [9.17, 15) is 0 Å². The van der Waals surface area contributed by atoms with E-state index in [1.807, 2.05) is 0 Å². The third-order valence-corrected chi connectivity index (χ3v) is 4.05. The Labute approximate surface area is 101 Å². The number of hydrogen-bond donors (Lipinski definition) is 1. The normalized spacial score (nSPS) is 39.6. The molecular formula is C13H26ClN. The van der Waals surface area contributed by atoms with E-state index in [1.54, 1.807) is 0 Å². The first-order valence-electron chi connectivity index (χ1n) is 6.55. The van der Waals surface area contributed by atoms with Crippen LogP contribution in [0.5, 0.6) is 0 Å². The minimum atomic E-state index is 0. The second-order valence-corrected chi connectivity index (χ2v) is 5.51. The van der Waals surface area contributed by atoms with Crippen LogP contribution in [-0.4, -0.2) is 12.1 Å². The Morgan fingerprint density at radius 1 is 1.13 bits per heavy atom. The van der Waals surface area contributed by atoms with Crippen molar-refractivity contribution in [3.05, 3.63) is 0 Å². The largest absolute Gasteiger partial charge is 0.311 e. The zero-order valence-electron chi connectivity index (χ0n) is 10.2. The van der Waals surface area contributed by atoms with Crippen molar-refractivity contribution in [1.29, 1.82) is 0 Å². The zero-order valence-corrected chi connectivity index (χ0v) is 11.0. The maximum absolute atomic E-state index is 3.85. The Kier molecular flexibility index (Phi) is 5.42. The predicted molar refractivity (Wildman–Crippen MR) is 68.6 cm³/mol. The fourth-order valence-corrected chi connectivity index (χ4v) is 2.87. The fourth-order valence-electron chi connectivity index (χ4n) is 2.87. The van der Waals surface area contributed by atoms with Gasteiger partial charge in [-0.3, -0.25) is 0 Å². The minimum Gasteiger partial charge on any atom is -0.311 e. The van der Waals surface area contributed by atoms with Crippen molar-refractivity contribution < 1.29 is 0 Å². The van der Waals surface area contributed by atoms with Crippen molar-refractivity contribution in [2.45, 2.75) is 70.9 Å². The highest BCUT2D eigenvalue weighted by Crippen LogP contribution is 2.36. The molecule has 0 heterocycles. The van der Waals surface area contributed by atoms with E-state index >= 15 is 0 Å². The van der Waals surface area contributed by atoms with Crippen molar-refractivity contribution in [3.63, 3.8) is 0 Å². The summed E-state index contributed by atoms with van der Waals surface area (Å²) in [5.41, 5.74) is 0. The fraction of sp³-hybridized carbons (Fsp3) is 1.00. The SMILES string of the molecule is CCCC1CC1NC1CCC(C)CC1.Cl. The Bertz CT molecular complexity index is 175. The molecule has 0 aromatic carbocycles. The molecule has 2 rings (SSSR count). The molecule has 0 aromatic rings. The van der Waals surface area contributed by atoms with Gasteiger partial charge in [-0.15, -0.1) is 12.4 Å². The van der Waals surface area contributed by atoms with Crippen molar-refractivity contribution in [3.8, 4) is 0 Å².